The number of carbonyl (C=O) groups is 2. The molecule has 10 nitrogen and oxygen atoms in total. The van der Waals surface area contributed by atoms with Crippen molar-refractivity contribution in [1.29, 1.82) is 0 Å². The minimum atomic E-state index is -0.600. The first kappa shape index (κ1) is 22.8. The quantitative estimate of drug-likeness (QED) is 0.201. The summed E-state index contributed by atoms with van der Waals surface area (Å²) in [4.78, 5) is 39.5. The standard InChI is InChI=1S/C18H14Br2N6O4S2/c1-29-17(27)25-15-21-9-3-7(19)13(5-11(9)23-15)31-32-14-6-12-10(4-8(14)20)22-16(24-12)26-18(28)30-2/h3-6H,1-2H3,(H2,21,23,25,27)(H2,22,24,26,28). The van der Waals surface area contributed by atoms with E-state index in [2.05, 4.69) is 71.9 Å². The Morgan fingerprint density at radius 3 is 1.59 bits per heavy atom. The average molecular weight is 602 g/mol. The van der Waals surface area contributed by atoms with Gasteiger partial charge in [-0.15, -0.1) is 0 Å². The number of H-pyrrole nitrogens is 2. The molecule has 0 saturated heterocycles. The minimum absolute atomic E-state index is 0.302. The number of halogens is 2. The maximum atomic E-state index is 11.4. The van der Waals surface area contributed by atoms with Gasteiger partial charge in [-0.2, -0.15) is 0 Å². The molecule has 0 spiro atoms. The van der Waals surface area contributed by atoms with Gasteiger partial charge in [0, 0.05) is 18.7 Å². The van der Waals surface area contributed by atoms with Gasteiger partial charge in [0.25, 0.3) is 0 Å². The number of benzene rings is 2. The van der Waals surface area contributed by atoms with E-state index in [9.17, 15) is 9.59 Å². The van der Waals surface area contributed by atoms with Gasteiger partial charge in [-0.3, -0.25) is 10.6 Å². The molecule has 32 heavy (non-hydrogen) atoms. The molecule has 166 valence electrons. The monoisotopic (exact) mass is 600 g/mol. The predicted molar refractivity (Wildman–Crippen MR) is 131 cm³/mol. The molecule has 0 bridgehead atoms. The Balaban J connectivity index is 1.54. The molecule has 2 amide bonds. The Morgan fingerprint density at radius 2 is 1.22 bits per heavy atom. The third-order valence-electron chi connectivity index (χ3n) is 4.10. The summed E-state index contributed by atoms with van der Waals surface area (Å²) in [6.45, 7) is 0. The molecule has 2 heterocycles. The van der Waals surface area contributed by atoms with Crippen LogP contribution in [0.2, 0.25) is 0 Å². The van der Waals surface area contributed by atoms with Crippen LogP contribution in [0.15, 0.2) is 43.0 Å². The normalized spacial score (nSPS) is 11.0. The van der Waals surface area contributed by atoms with Crippen molar-refractivity contribution in [2.45, 2.75) is 9.79 Å². The van der Waals surface area contributed by atoms with Gasteiger partial charge in [0.15, 0.2) is 0 Å². The molecule has 4 rings (SSSR count). The lowest BCUT2D eigenvalue weighted by molar-refractivity contribution is 0.186. The first-order valence-corrected chi connectivity index (χ1v) is 12.5. The number of nitrogens with zero attached hydrogens (tertiary/aromatic N) is 2. The number of nitrogens with one attached hydrogen (secondary N) is 4. The smallest absolute Gasteiger partial charge is 0.413 e. The molecule has 0 aliphatic rings. The van der Waals surface area contributed by atoms with E-state index < -0.39 is 12.2 Å². The zero-order valence-electron chi connectivity index (χ0n) is 16.4. The number of methoxy groups -OCH3 is 2. The molecule has 0 aliphatic heterocycles. The van der Waals surface area contributed by atoms with Crippen LogP contribution in [0.1, 0.15) is 0 Å². The molecule has 0 atom stereocenters. The molecule has 4 aromatic rings. The lowest BCUT2D eigenvalue weighted by Gasteiger charge is -2.06. The highest BCUT2D eigenvalue weighted by molar-refractivity contribution is 9.11. The molecule has 4 N–H and O–H groups in total. The van der Waals surface area contributed by atoms with Crippen molar-refractivity contribution >= 4 is 99.6 Å². The van der Waals surface area contributed by atoms with Crippen molar-refractivity contribution in [2.75, 3.05) is 24.9 Å². The lowest BCUT2D eigenvalue weighted by atomic mass is 10.3. The molecule has 0 unspecified atom stereocenters. The Bertz CT molecular complexity index is 1240. The summed E-state index contributed by atoms with van der Waals surface area (Å²) in [6.07, 6.45) is -1.20. The van der Waals surface area contributed by atoms with Crippen molar-refractivity contribution in [1.82, 2.24) is 19.9 Å². The summed E-state index contributed by atoms with van der Waals surface area (Å²) < 4.78 is 10.9. The van der Waals surface area contributed by atoms with E-state index in [1.54, 1.807) is 0 Å². The van der Waals surface area contributed by atoms with Crippen LogP contribution in [0.25, 0.3) is 22.1 Å². The van der Waals surface area contributed by atoms with Crippen molar-refractivity contribution in [3.05, 3.63) is 33.2 Å². The second-order valence-corrected chi connectivity index (χ2v) is 10.1. The summed E-state index contributed by atoms with van der Waals surface area (Å²) in [7, 11) is 5.64. The van der Waals surface area contributed by atoms with E-state index in [-0.39, 0.29) is 0 Å². The topological polar surface area (TPSA) is 134 Å². The third-order valence-corrected chi connectivity index (χ3v) is 8.39. The fraction of sp³-hybridized carbons (Fsp3) is 0.111. The number of ether oxygens (including phenoxy) is 2. The number of fused-ring (bicyclic) bond motifs is 2. The summed E-state index contributed by atoms with van der Waals surface area (Å²) in [5.74, 6) is 0.605. The van der Waals surface area contributed by atoms with E-state index in [1.165, 1.54) is 35.8 Å². The summed E-state index contributed by atoms with van der Waals surface area (Å²) in [6, 6.07) is 7.61. The van der Waals surface area contributed by atoms with E-state index in [0.717, 1.165) is 29.8 Å². The zero-order valence-corrected chi connectivity index (χ0v) is 21.2. The predicted octanol–water partition coefficient (Wildman–Crippen LogP) is 6.12. The van der Waals surface area contributed by atoms with Crippen LogP contribution < -0.4 is 10.6 Å². The van der Waals surface area contributed by atoms with Gasteiger partial charge in [-0.05, 0) is 56.1 Å². The molecule has 2 aromatic heterocycles. The highest BCUT2D eigenvalue weighted by Crippen LogP contribution is 2.45. The Kier molecular flexibility index (Phi) is 6.83. The van der Waals surface area contributed by atoms with E-state index in [1.807, 2.05) is 24.3 Å². The van der Waals surface area contributed by atoms with Crippen molar-refractivity contribution < 1.29 is 19.1 Å². The number of rotatable bonds is 5. The van der Waals surface area contributed by atoms with Crippen LogP contribution in [-0.2, 0) is 9.47 Å². The number of amides is 2. The number of anilines is 2. The van der Waals surface area contributed by atoms with Gasteiger partial charge in [0.2, 0.25) is 11.9 Å². The number of aromatic nitrogens is 4. The van der Waals surface area contributed by atoms with Gasteiger partial charge >= 0.3 is 12.2 Å². The van der Waals surface area contributed by atoms with Gasteiger partial charge in [-0.1, -0.05) is 21.6 Å². The maximum Gasteiger partial charge on any atom is 0.413 e. The summed E-state index contributed by atoms with van der Waals surface area (Å²) in [5.41, 5.74) is 2.93. The van der Waals surface area contributed by atoms with Crippen LogP contribution in [-0.4, -0.2) is 46.3 Å². The van der Waals surface area contributed by atoms with Crippen LogP contribution in [0.4, 0.5) is 21.5 Å². The SMILES string of the molecule is COC(=O)Nc1nc2cc(SSc3cc4nc(NC(=O)OC)[nH]c4cc3Br)c(Br)cc2[nH]1. The number of carbonyl (C=O) groups excluding carboxylic acids is 2. The molecule has 2 aromatic carbocycles. The number of imidazole rings is 2. The molecular weight excluding hydrogens is 588 g/mol. The fourth-order valence-corrected chi connectivity index (χ4v) is 6.61. The van der Waals surface area contributed by atoms with E-state index in [0.29, 0.717) is 22.9 Å². The van der Waals surface area contributed by atoms with Crippen LogP contribution in [0.3, 0.4) is 0 Å². The molecule has 0 aliphatic carbocycles. The lowest BCUT2D eigenvalue weighted by Crippen LogP contribution is -2.11. The van der Waals surface area contributed by atoms with Crippen molar-refractivity contribution in [2.24, 2.45) is 0 Å². The van der Waals surface area contributed by atoms with Crippen LogP contribution >= 0.6 is 53.4 Å². The molecule has 0 radical (unpaired) electrons. The molecule has 0 fully saturated rings. The van der Waals surface area contributed by atoms with Gasteiger partial charge < -0.3 is 19.4 Å². The Labute approximate surface area is 205 Å². The van der Waals surface area contributed by atoms with Gasteiger partial charge in [0.05, 0.1) is 36.3 Å². The zero-order chi connectivity index (χ0) is 22.8. The van der Waals surface area contributed by atoms with Crippen molar-refractivity contribution in [3.63, 3.8) is 0 Å². The first-order valence-electron chi connectivity index (χ1n) is 8.79. The number of hydrogen-bond donors (Lipinski definition) is 4. The Morgan fingerprint density at radius 1 is 0.812 bits per heavy atom. The molecule has 0 saturated carbocycles. The average Bonchev–Trinajstić information content (AvgIpc) is 3.33. The fourth-order valence-electron chi connectivity index (χ4n) is 2.65. The van der Waals surface area contributed by atoms with Gasteiger partial charge in [0.1, 0.15) is 0 Å². The summed E-state index contributed by atoms with van der Waals surface area (Å²) in [5, 5.41) is 5.03. The highest BCUT2D eigenvalue weighted by Gasteiger charge is 2.14. The summed E-state index contributed by atoms with van der Waals surface area (Å²) >= 11 is 7.16. The number of hydrogen-bond acceptors (Lipinski definition) is 8. The number of aromatic amines is 2. The van der Waals surface area contributed by atoms with E-state index in [4.69, 9.17) is 0 Å². The molecule has 14 heteroatoms. The minimum Gasteiger partial charge on any atom is -0.453 e. The largest absolute Gasteiger partial charge is 0.453 e. The Hall–Kier alpha value is -2.42. The van der Waals surface area contributed by atoms with Gasteiger partial charge in [-0.25, -0.2) is 19.6 Å². The van der Waals surface area contributed by atoms with Crippen molar-refractivity contribution in [3.8, 4) is 0 Å². The maximum absolute atomic E-state index is 11.4. The van der Waals surface area contributed by atoms with Crippen LogP contribution in [0.5, 0.6) is 0 Å². The van der Waals surface area contributed by atoms with Crippen LogP contribution in [0, 0.1) is 0 Å². The third kappa shape index (κ3) is 4.98. The second-order valence-electron chi connectivity index (χ2n) is 6.17. The first-order chi connectivity index (χ1) is 15.4. The van der Waals surface area contributed by atoms with E-state index >= 15 is 0 Å². The molecular formula is C18H14Br2N6O4S2. The second kappa shape index (κ2) is 9.60. The highest BCUT2D eigenvalue weighted by atomic mass is 79.9.